The van der Waals surface area contributed by atoms with Gasteiger partial charge in [0.25, 0.3) is 0 Å². The van der Waals surface area contributed by atoms with Crippen LogP contribution in [0.15, 0.2) is 0 Å². The molecule has 0 radical (unpaired) electrons. The highest BCUT2D eigenvalue weighted by Crippen LogP contribution is 2.32. The van der Waals surface area contributed by atoms with Crippen LogP contribution in [0, 0.1) is 0 Å². The Kier molecular flexibility index (Phi) is 24.4. The van der Waals surface area contributed by atoms with Gasteiger partial charge in [-0.2, -0.15) is 0 Å². The quantitative estimate of drug-likeness (QED) is 0.0592. The zero-order valence-electron chi connectivity index (χ0n) is 28.6. The molecule has 280 valence electrons. The summed E-state index contributed by atoms with van der Waals surface area (Å²) in [5.74, 6) is 0.462. The molecule has 2 rings (SSSR count). The van der Waals surface area contributed by atoms with E-state index in [2.05, 4.69) is 6.92 Å². The minimum atomic E-state index is -1.70. The summed E-state index contributed by atoms with van der Waals surface area (Å²) < 4.78 is 28.0. The lowest BCUT2D eigenvalue weighted by atomic mass is 9.97. The summed E-state index contributed by atoms with van der Waals surface area (Å²) in [6, 6.07) is 0. The van der Waals surface area contributed by atoms with E-state index in [1.54, 1.807) is 0 Å². The molecule has 12 nitrogen and oxygen atoms in total. The van der Waals surface area contributed by atoms with Crippen molar-refractivity contribution in [2.45, 2.75) is 170 Å². The Balaban J connectivity index is 1.44. The van der Waals surface area contributed by atoms with Crippen molar-refractivity contribution in [3.05, 3.63) is 0 Å². The van der Waals surface area contributed by atoms with Gasteiger partial charge in [0.15, 0.2) is 6.29 Å². The highest BCUT2D eigenvalue weighted by atomic mass is 32.2. The van der Waals surface area contributed by atoms with Crippen molar-refractivity contribution < 1.29 is 59.4 Å². The zero-order chi connectivity index (χ0) is 34.3. The molecule has 2 heterocycles. The van der Waals surface area contributed by atoms with Crippen LogP contribution in [-0.4, -0.2) is 142 Å². The van der Waals surface area contributed by atoms with Gasteiger partial charge in [0.05, 0.1) is 33.0 Å². The summed E-state index contributed by atoms with van der Waals surface area (Å²) in [6.45, 7) is 3.13. The van der Waals surface area contributed by atoms with Crippen LogP contribution >= 0.6 is 11.8 Å². The van der Waals surface area contributed by atoms with Gasteiger partial charge in [-0.25, -0.2) is 0 Å². The summed E-state index contributed by atoms with van der Waals surface area (Å²) in [6.07, 6.45) is 8.49. The van der Waals surface area contributed by atoms with Crippen LogP contribution in [0.3, 0.4) is 0 Å². The molecule has 7 N–H and O–H groups in total. The summed E-state index contributed by atoms with van der Waals surface area (Å²) in [5.41, 5.74) is -0.869. The van der Waals surface area contributed by atoms with Crippen molar-refractivity contribution in [3.63, 3.8) is 0 Å². The van der Waals surface area contributed by atoms with Gasteiger partial charge in [-0.1, -0.05) is 103 Å². The van der Waals surface area contributed by atoms with Gasteiger partial charge >= 0.3 is 0 Å². The van der Waals surface area contributed by atoms with Gasteiger partial charge in [-0.3, -0.25) is 0 Å². The van der Waals surface area contributed by atoms with Crippen molar-refractivity contribution in [2.24, 2.45) is 0 Å². The maximum absolute atomic E-state index is 10.7. The molecule has 0 aromatic carbocycles. The Morgan fingerprint density at radius 1 is 0.511 bits per heavy atom. The predicted molar refractivity (Wildman–Crippen MR) is 180 cm³/mol. The number of aliphatic hydroxyl groups excluding tert-OH is 7. The summed E-state index contributed by atoms with van der Waals surface area (Å²) in [5, 5.41) is 70.8. The lowest BCUT2D eigenvalue weighted by molar-refractivity contribution is -0.338. The Morgan fingerprint density at radius 3 is 1.55 bits per heavy atom. The molecule has 2 saturated heterocycles. The van der Waals surface area contributed by atoms with E-state index in [0.29, 0.717) is 25.6 Å². The van der Waals surface area contributed by atoms with E-state index < -0.39 is 73.8 Å². The third-order valence-corrected chi connectivity index (χ3v) is 10.1. The Bertz CT molecular complexity index is 735. The first kappa shape index (κ1) is 43.0. The van der Waals surface area contributed by atoms with E-state index in [1.807, 2.05) is 0 Å². The average molecular weight is 699 g/mol. The maximum atomic E-state index is 10.7. The molecule has 0 aromatic heterocycles. The fourth-order valence-electron chi connectivity index (χ4n) is 5.99. The minimum Gasteiger partial charge on any atom is -0.394 e. The second kappa shape index (κ2) is 26.6. The van der Waals surface area contributed by atoms with Crippen LogP contribution < -0.4 is 0 Å². The second-order valence-corrected chi connectivity index (χ2v) is 14.1. The highest BCUT2D eigenvalue weighted by Gasteiger charge is 2.50. The van der Waals surface area contributed by atoms with Crippen LogP contribution in [-0.2, 0) is 23.7 Å². The highest BCUT2D eigenvalue weighted by molar-refractivity contribution is 7.99. The normalized spacial score (nSPS) is 31.4. The van der Waals surface area contributed by atoms with Gasteiger partial charge in [0.2, 0.25) is 0 Å². The van der Waals surface area contributed by atoms with Gasteiger partial charge in [0.1, 0.15) is 54.3 Å². The van der Waals surface area contributed by atoms with Crippen LogP contribution in [0.5, 0.6) is 0 Å². The average Bonchev–Trinajstić information content (AvgIpc) is 3.07. The topological polar surface area (TPSA) is 188 Å². The number of thioether (sulfide) groups is 1. The van der Waals surface area contributed by atoms with Gasteiger partial charge in [-0.05, 0) is 6.42 Å². The fourth-order valence-corrected chi connectivity index (χ4v) is 7.02. The van der Waals surface area contributed by atoms with Gasteiger partial charge in [-0.15, -0.1) is 11.8 Å². The first-order valence-electron chi connectivity index (χ1n) is 18.2. The molecule has 0 spiro atoms. The second-order valence-electron chi connectivity index (χ2n) is 12.9. The lowest BCUT2D eigenvalue weighted by Gasteiger charge is -2.46. The van der Waals surface area contributed by atoms with E-state index >= 15 is 0 Å². The van der Waals surface area contributed by atoms with Crippen LogP contribution in [0.2, 0.25) is 0 Å². The number of hydrogen-bond acceptors (Lipinski definition) is 13. The number of hydrogen-bond donors (Lipinski definition) is 7. The lowest BCUT2D eigenvalue weighted by Crippen LogP contribution is -2.64. The molecule has 0 bridgehead atoms. The van der Waals surface area contributed by atoms with E-state index in [1.165, 1.54) is 108 Å². The molecule has 0 saturated carbocycles. The van der Waals surface area contributed by atoms with Crippen molar-refractivity contribution in [1.82, 2.24) is 0 Å². The largest absolute Gasteiger partial charge is 0.394 e. The first-order valence-corrected chi connectivity index (χ1v) is 19.3. The minimum absolute atomic E-state index is 0.379. The molecule has 2 fully saturated rings. The van der Waals surface area contributed by atoms with Crippen LogP contribution in [0.1, 0.15) is 110 Å². The van der Waals surface area contributed by atoms with Crippen molar-refractivity contribution in [2.75, 3.05) is 45.4 Å². The molecule has 0 amide bonds. The number of unbranched alkanes of at least 4 members (excludes halogenated alkanes) is 15. The monoisotopic (exact) mass is 698 g/mol. The SMILES string of the molecule is CCCCCCCCCCCCCCCCCCOCCOCCS[C@@H]1O[C@H](CO)[C@@H](O[C@@H]2O[C@H](CO)[C@H](O)[C@H](O)[C@H]2O)[C@H](O)[C@H]1O. The smallest absolute Gasteiger partial charge is 0.187 e. The van der Waals surface area contributed by atoms with Crippen molar-refractivity contribution in [3.8, 4) is 0 Å². The van der Waals surface area contributed by atoms with E-state index in [9.17, 15) is 35.7 Å². The Hall–Kier alpha value is -0.130. The van der Waals surface area contributed by atoms with E-state index in [4.69, 9.17) is 23.7 Å². The number of rotatable bonds is 28. The molecule has 13 heteroatoms. The number of aliphatic hydroxyl groups is 7. The summed E-state index contributed by atoms with van der Waals surface area (Å²) in [7, 11) is 0. The maximum Gasteiger partial charge on any atom is 0.187 e. The van der Waals surface area contributed by atoms with E-state index in [0.717, 1.165) is 13.0 Å². The zero-order valence-corrected chi connectivity index (χ0v) is 29.4. The van der Waals surface area contributed by atoms with E-state index in [-0.39, 0.29) is 0 Å². The predicted octanol–water partition coefficient (Wildman–Crippen LogP) is 2.64. The molecule has 47 heavy (non-hydrogen) atoms. The van der Waals surface area contributed by atoms with Crippen molar-refractivity contribution >= 4 is 11.8 Å². The summed E-state index contributed by atoms with van der Waals surface area (Å²) in [4.78, 5) is 0. The third-order valence-electron chi connectivity index (χ3n) is 8.98. The first-order chi connectivity index (χ1) is 22.8. The third kappa shape index (κ3) is 16.6. The van der Waals surface area contributed by atoms with Crippen LogP contribution in [0.4, 0.5) is 0 Å². The Morgan fingerprint density at radius 2 is 1.02 bits per heavy atom. The standard InChI is InChI=1S/C34H66O12S/c1-2-3-4-5-6-7-8-9-10-11-12-13-14-15-16-17-18-42-19-20-43-21-22-47-34-31(41)29(39)32(26(24-36)45-34)46-33-30(40)28(38)27(37)25(23-35)44-33/h25-41H,2-24H2,1H3/t25-,26-,27+,28+,29-,30-,31-,32-,33+,34+/m1/s1. The molecule has 2 aliphatic heterocycles. The molecule has 2 aliphatic rings. The Labute approximate surface area is 286 Å². The van der Waals surface area contributed by atoms with Gasteiger partial charge in [0, 0.05) is 12.4 Å². The molecule has 10 atom stereocenters. The molecular weight excluding hydrogens is 632 g/mol. The molecule has 0 aliphatic carbocycles. The molecule has 0 aromatic rings. The van der Waals surface area contributed by atoms with Crippen LogP contribution in [0.25, 0.3) is 0 Å². The molecular formula is C34H66O12S. The summed E-state index contributed by atoms with van der Waals surface area (Å²) >= 11 is 1.22. The fraction of sp³-hybridized carbons (Fsp3) is 1.00. The molecule has 0 unspecified atom stereocenters. The van der Waals surface area contributed by atoms with Gasteiger partial charge < -0.3 is 59.4 Å². The van der Waals surface area contributed by atoms with Crippen molar-refractivity contribution in [1.29, 1.82) is 0 Å². The number of ether oxygens (including phenoxy) is 5.